The summed E-state index contributed by atoms with van der Waals surface area (Å²) < 4.78 is 44.1. The van der Waals surface area contributed by atoms with E-state index >= 15 is 0 Å². The van der Waals surface area contributed by atoms with Crippen molar-refractivity contribution in [1.82, 2.24) is 4.90 Å². The maximum Gasteiger partial charge on any atom is 0.416 e. The van der Waals surface area contributed by atoms with Gasteiger partial charge in [0.25, 0.3) is 5.91 Å². The van der Waals surface area contributed by atoms with Crippen LogP contribution in [-0.4, -0.2) is 28.9 Å². The number of fused-ring (bicyclic) bond motifs is 1. The number of furan rings is 1. The molecule has 2 N–H and O–H groups in total. The molecular weight excluding hydrogens is 345 g/mol. The molecule has 0 spiro atoms. The molecule has 26 heavy (non-hydrogen) atoms. The van der Waals surface area contributed by atoms with E-state index in [0.717, 1.165) is 37.8 Å². The molecule has 142 valence electrons. The number of carbonyl (C=O) groups is 1. The van der Waals surface area contributed by atoms with E-state index in [1.165, 1.54) is 12.1 Å². The fraction of sp³-hybridized carbons (Fsp3) is 0.526. The Balaban J connectivity index is 1.92. The predicted octanol–water partition coefficient (Wildman–Crippen LogP) is 4.57. The van der Waals surface area contributed by atoms with Crippen molar-refractivity contribution in [2.24, 2.45) is 5.73 Å². The first-order chi connectivity index (χ1) is 12.2. The molecule has 1 aliphatic rings. The highest BCUT2D eigenvalue weighted by atomic mass is 19.4. The Morgan fingerprint density at radius 1 is 1.27 bits per heavy atom. The lowest BCUT2D eigenvalue weighted by molar-refractivity contribution is -0.137. The van der Waals surface area contributed by atoms with E-state index in [2.05, 4.69) is 0 Å². The fourth-order valence-corrected chi connectivity index (χ4v) is 3.80. The zero-order valence-corrected chi connectivity index (χ0v) is 14.9. The largest absolute Gasteiger partial charge is 0.451 e. The summed E-state index contributed by atoms with van der Waals surface area (Å²) in [6.45, 7) is 4.59. The summed E-state index contributed by atoms with van der Waals surface area (Å²) in [5, 5.41) is 0.268. The van der Waals surface area contributed by atoms with Crippen molar-refractivity contribution in [3.05, 3.63) is 35.6 Å². The Bertz CT molecular complexity index is 809. The van der Waals surface area contributed by atoms with Crippen LogP contribution in [0.25, 0.3) is 11.0 Å². The van der Waals surface area contributed by atoms with E-state index in [-0.39, 0.29) is 28.7 Å². The lowest BCUT2D eigenvalue weighted by Gasteiger charge is -2.39. The highest BCUT2D eigenvalue weighted by molar-refractivity contribution is 5.96. The quantitative estimate of drug-likeness (QED) is 0.860. The number of carbonyl (C=O) groups excluding carboxylic acids is 1. The van der Waals surface area contributed by atoms with Crippen molar-refractivity contribution in [3.8, 4) is 0 Å². The number of halogens is 3. The number of amides is 1. The Morgan fingerprint density at radius 3 is 2.58 bits per heavy atom. The van der Waals surface area contributed by atoms with Crippen LogP contribution >= 0.6 is 0 Å². The van der Waals surface area contributed by atoms with Gasteiger partial charge in [0.2, 0.25) is 0 Å². The third kappa shape index (κ3) is 3.20. The Kier molecular flexibility index (Phi) is 4.77. The van der Waals surface area contributed by atoms with Crippen LogP contribution in [0, 0.1) is 0 Å². The summed E-state index contributed by atoms with van der Waals surface area (Å²) in [5.74, 6) is -0.255. The van der Waals surface area contributed by atoms with Crippen LogP contribution in [0.15, 0.2) is 28.7 Å². The van der Waals surface area contributed by atoms with E-state index in [1.807, 2.05) is 13.8 Å². The number of likely N-dealkylation sites (tertiary alicyclic amines) is 1. The third-order valence-corrected chi connectivity index (χ3v) is 5.55. The first-order valence-electron chi connectivity index (χ1n) is 8.90. The highest BCUT2D eigenvalue weighted by Crippen LogP contribution is 2.34. The van der Waals surface area contributed by atoms with E-state index in [1.54, 1.807) is 4.90 Å². The van der Waals surface area contributed by atoms with Gasteiger partial charge in [-0.3, -0.25) is 4.79 Å². The molecule has 2 heterocycles. The number of benzene rings is 1. The topological polar surface area (TPSA) is 59.5 Å². The van der Waals surface area contributed by atoms with E-state index in [9.17, 15) is 18.0 Å². The second kappa shape index (κ2) is 6.61. The maximum absolute atomic E-state index is 12.9. The second-order valence-corrected chi connectivity index (χ2v) is 6.96. The van der Waals surface area contributed by atoms with Crippen LogP contribution in [0.3, 0.4) is 0 Å². The van der Waals surface area contributed by atoms with Crippen LogP contribution in [-0.2, 0) is 6.18 Å². The van der Waals surface area contributed by atoms with Crippen molar-refractivity contribution in [2.75, 3.05) is 6.54 Å². The fourth-order valence-electron chi connectivity index (χ4n) is 3.80. The van der Waals surface area contributed by atoms with Gasteiger partial charge in [0.1, 0.15) is 5.58 Å². The van der Waals surface area contributed by atoms with Crippen LogP contribution in [0.1, 0.15) is 55.6 Å². The lowest BCUT2D eigenvalue weighted by atomic mass is 9.84. The summed E-state index contributed by atoms with van der Waals surface area (Å²) in [7, 11) is 0. The summed E-state index contributed by atoms with van der Waals surface area (Å²) in [4.78, 5) is 14.7. The van der Waals surface area contributed by atoms with Gasteiger partial charge >= 0.3 is 6.18 Å². The SMILES string of the molecule is CCC(N)(CC)[C@@H]1CCCN1C(=O)c1cc2cc(C(F)(F)F)ccc2o1. The van der Waals surface area contributed by atoms with Gasteiger partial charge < -0.3 is 15.1 Å². The van der Waals surface area contributed by atoms with Gasteiger partial charge in [-0.15, -0.1) is 0 Å². The molecule has 0 saturated carbocycles. The molecule has 1 fully saturated rings. The molecule has 0 bridgehead atoms. The molecule has 1 aromatic heterocycles. The summed E-state index contributed by atoms with van der Waals surface area (Å²) in [6, 6.07) is 4.50. The molecule has 1 atom stereocenters. The van der Waals surface area contributed by atoms with Crippen LogP contribution in [0.2, 0.25) is 0 Å². The molecule has 1 saturated heterocycles. The smallest absolute Gasteiger partial charge is 0.416 e. The van der Waals surface area contributed by atoms with Crippen molar-refractivity contribution in [2.45, 2.75) is 57.3 Å². The number of rotatable bonds is 4. The molecule has 0 unspecified atom stereocenters. The van der Waals surface area contributed by atoms with Crippen molar-refractivity contribution in [1.29, 1.82) is 0 Å². The molecule has 0 radical (unpaired) electrons. The molecule has 4 nitrogen and oxygen atoms in total. The summed E-state index contributed by atoms with van der Waals surface area (Å²) in [6.07, 6.45) is -1.27. The van der Waals surface area contributed by atoms with E-state index < -0.39 is 17.3 Å². The van der Waals surface area contributed by atoms with Gasteiger partial charge in [0.15, 0.2) is 5.76 Å². The molecule has 1 amide bonds. The second-order valence-electron chi connectivity index (χ2n) is 6.96. The molecule has 1 aliphatic heterocycles. The molecule has 7 heteroatoms. The minimum absolute atomic E-state index is 0.0563. The Labute approximate surface area is 150 Å². The van der Waals surface area contributed by atoms with E-state index in [0.29, 0.717) is 6.54 Å². The number of nitrogens with two attached hydrogens (primary N) is 1. The predicted molar refractivity (Wildman–Crippen MR) is 92.8 cm³/mol. The Hall–Kier alpha value is -2.02. The van der Waals surface area contributed by atoms with Crippen molar-refractivity contribution < 1.29 is 22.4 Å². The zero-order valence-electron chi connectivity index (χ0n) is 14.9. The first kappa shape index (κ1) is 18.8. The average molecular weight is 368 g/mol. The summed E-state index contributed by atoms with van der Waals surface area (Å²) in [5.41, 5.74) is 5.53. The van der Waals surface area contributed by atoms with Crippen LogP contribution < -0.4 is 5.73 Å². The van der Waals surface area contributed by atoms with Crippen LogP contribution in [0.4, 0.5) is 13.2 Å². The van der Waals surface area contributed by atoms with Crippen molar-refractivity contribution >= 4 is 16.9 Å². The van der Waals surface area contributed by atoms with Gasteiger partial charge in [-0.2, -0.15) is 13.2 Å². The first-order valence-corrected chi connectivity index (χ1v) is 8.90. The minimum atomic E-state index is -4.43. The van der Waals surface area contributed by atoms with Gasteiger partial charge in [-0.05, 0) is 49.9 Å². The van der Waals surface area contributed by atoms with E-state index in [4.69, 9.17) is 10.2 Å². The third-order valence-electron chi connectivity index (χ3n) is 5.55. The normalized spacial score (nSPS) is 18.7. The molecule has 1 aromatic carbocycles. The van der Waals surface area contributed by atoms with Gasteiger partial charge in [-0.1, -0.05) is 13.8 Å². The molecule has 3 rings (SSSR count). The maximum atomic E-state index is 12.9. The standard InChI is InChI=1S/C19H23F3N2O2/c1-3-18(23,4-2)16-6-5-9-24(16)17(25)15-11-12-10-13(19(20,21)22)7-8-14(12)26-15/h7-8,10-11,16H,3-6,9,23H2,1-2H3/t16-/m0/s1. The number of nitrogens with zero attached hydrogens (tertiary/aromatic N) is 1. The molecule has 0 aliphatic carbocycles. The molecular formula is C19H23F3N2O2. The highest BCUT2D eigenvalue weighted by Gasteiger charge is 2.42. The molecule has 2 aromatic rings. The monoisotopic (exact) mass is 368 g/mol. The van der Waals surface area contributed by atoms with Gasteiger partial charge in [0, 0.05) is 17.5 Å². The Morgan fingerprint density at radius 2 is 1.96 bits per heavy atom. The summed E-state index contributed by atoms with van der Waals surface area (Å²) >= 11 is 0. The van der Waals surface area contributed by atoms with Gasteiger partial charge in [-0.25, -0.2) is 0 Å². The lowest BCUT2D eigenvalue weighted by Crippen LogP contribution is -2.56. The average Bonchev–Trinajstić information content (AvgIpc) is 3.26. The number of alkyl halides is 3. The minimum Gasteiger partial charge on any atom is -0.451 e. The van der Waals surface area contributed by atoms with Crippen molar-refractivity contribution in [3.63, 3.8) is 0 Å². The number of hydrogen-bond donors (Lipinski definition) is 1. The zero-order chi connectivity index (χ0) is 19.1. The number of hydrogen-bond acceptors (Lipinski definition) is 3. The van der Waals surface area contributed by atoms with Crippen LogP contribution in [0.5, 0.6) is 0 Å². The van der Waals surface area contributed by atoms with Gasteiger partial charge in [0.05, 0.1) is 11.6 Å².